The number of benzene rings is 1. The zero-order chi connectivity index (χ0) is 24.7. The summed E-state index contributed by atoms with van der Waals surface area (Å²) >= 11 is 0. The molecule has 4 nitrogen and oxygen atoms in total. The first-order chi connectivity index (χ1) is 16.3. The lowest BCUT2D eigenvalue weighted by molar-refractivity contribution is 0.617. The van der Waals surface area contributed by atoms with Crippen LogP contribution in [0.25, 0.3) is 0 Å². The van der Waals surface area contributed by atoms with E-state index in [-0.39, 0.29) is 5.82 Å². The van der Waals surface area contributed by atoms with Crippen LogP contribution in [0.3, 0.4) is 0 Å². The van der Waals surface area contributed by atoms with Gasteiger partial charge in [-0.15, -0.1) is 0 Å². The summed E-state index contributed by atoms with van der Waals surface area (Å²) in [7, 11) is 0. The Kier molecular flexibility index (Phi) is 9.03. The van der Waals surface area contributed by atoms with Gasteiger partial charge in [-0.05, 0) is 93.0 Å². The molecular weight excluding hydrogens is 423 g/mol. The lowest BCUT2D eigenvalue weighted by Crippen LogP contribution is -2.19. The molecule has 0 aromatic heterocycles. The Morgan fingerprint density at radius 2 is 2.03 bits per heavy atom. The third kappa shape index (κ3) is 6.78. The highest BCUT2D eigenvalue weighted by atomic mass is 19.1. The van der Waals surface area contributed by atoms with Crippen molar-refractivity contribution in [2.45, 2.75) is 59.8 Å². The van der Waals surface area contributed by atoms with E-state index >= 15 is 0 Å². The van der Waals surface area contributed by atoms with Crippen molar-refractivity contribution < 1.29 is 4.39 Å². The van der Waals surface area contributed by atoms with Crippen LogP contribution in [0.1, 0.15) is 64.0 Å². The van der Waals surface area contributed by atoms with E-state index in [0.717, 1.165) is 35.5 Å². The molecule has 34 heavy (non-hydrogen) atoms. The molecule has 3 rings (SSSR count). The summed E-state index contributed by atoms with van der Waals surface area (Å²) < 4.78 is 13.8. The van der Waals surface area contributed by atoms with E-state index in [9.17, 15) is 4.39 Å². The van der Waals surface area contributed by atoms with Gasteiger partial charge in [0.25, 0.3) is 0 Å². The van der Waals surface area contributed by atoms with Gasteiger partial charge < -0.3 is 5.41 Å². The van der Waals surface area contributed by atoms with E-state index in [1.807, 2.05) is 32.9 Å². The highest BCUT2D eigenvalue weighted by molar-refractivity contribution is 6.20. The second kappa shape index (κ2) is 12.0. The Bertz CT molecular complexity index is 1100. The van der Waals surface area contributed by atoms with Gasteiger partial charge in [-0.1, -0.05) is 36.8 Å². The third-order valence-electron chi connectivity index (χ3n) is 6.33. The first-order valence-corrected chi connectivity index (χ1v) is 12.2. The quantitative estimate of drug-likeness (QED) is 0.225. The number of dihydropyridines is 1. The van der Waals surface area contributed by atoms with Crippen LogP contribution in [0.2, 0.25) is 0 Å². The average molecular weight is 461 g/mol. The highest BCUT2D eigenvalue weighted by Gasteiger charge is 2.43. The number of nitrogens with one attached hydrogen (secondary N) is 1. The molecule has 1 aliphatic carbocycles. The van der Waals surface area contributed by atoms with Gasteiger partial charge in [-0.3, -0.25) is 15.0 Å². The normalized spacial score (nSPS) is 21.8. The second-order valence-corrected chi connectivity index (χ2v) is 9.38. The van der Waals surface area contributed by atoms with E-state index in [0.29, 0.717) is 43.5 Å². The van der Waals surface area contributed by atoms with Gasteiger partial charge in [0.05, 0.1) is 24.5 Å². The smallest absolute Gasteiger partial charge is 0.126 e. The van der Waals surface area contributed by atoms with Gasteiger partial charge in [0, 0.05) is 18.7 Å². The van der Waals surface area contributed by atoms with Gasteiger partial charge in [-0.25, -0.2) is 4.39 Å². The number of aliphatic imine (C=N–C) groups is 3. The Morgan fingerprint density at radius 1 is 1.24 bits per heavy atom. The van der Waals surface area contributed by atoms with Crippen molar-refractivity contribution in [3.63, 3.8) is 0 Å². The van der Waals surface area contributed by atoms with Crippen LogP contribution in [-0.4, -0.2) is 43.0 Å². The molecule has 1 saturated carbocycles. The summed E-state index contributed by atoms with van der Waals surface area (Å²) in [4.78, 5) is 14.3. The third-order valence-corrected chi connectivity index (χ3v) is 6.33. The molecule has 1 aromatic carbocycles. The summed E-state index contributed by atoms with van der Waals surface area (Å²) in [6.45, 7) is 12.0. The number of halogens is 1. The maximum atomic E-state index is 13.8. The molecule has 1 aliphatic heterocycles. The van der Waals surface area contributed by atoms with Gasteiger partial charge in [0.1, 0.15) is 5.82 Å². The van der Waals surface area contributed by atoms with Crippen molar-refractivity contribution in [2.24, 2.45) is 20.9 Å². The molecule has 1 aromatic rings. The maximum Gasteiger partial charge on any atom is 0.126 e. The largest absolute Gasteiger partial charge is 0.313 e. The summed E-state index contributed by atoms with van der Waals surface area (Å²) in [5, 5.41) is 7.27. The van der Waals surface area contributed by atoms with Crippen molar-refractivity contribution >= 4 is 23.3 Å². The summed E-state index contributed by atoms with van der Waals surface area (Å²) in [5.74, 6) is 0.551. The second-order valence-electron chi connectivity index (χ2n) is 9.38. The first-order valence-electron chi connectivity index (χ1n) is 12.2. The molecule has 2 atom stereocenters. The number of rotatable bonds is 10. The fourth-order valence-corrected chi connectivity index (χ4v) is 4.18. The molecule has 1 fully saturated rings. The monoisotopic (exact) mass is 460 g/mol. The highest BCUT2D eigenvalue weighted by Crippen LogP contribution is 2.53. The lowest BCUT2D eigenvalue weighted by Gasteiger charge is -2.19. The van der Waals surface area contributed by atoms with Crippen molar-refractivity contribution in [2.75, 3.05) is 19.6 Å². The number of allylic oxidation sites excluding steroid dienone is 4. The molecule has 2 unspecified atom stereocenters. The van der Waals surface area contributed by atoms with Gasteiger partial charge >= 0.3 is 0 Å². The number of hydrogen-bond acceptors (Lipinski definition) is 4. The fourth-order valence-electron chi connectivity index (χ4n) is 4.18. The Hall–Kier alpha value is -2.95. The van der Waals surface area contributed by atoms with Crippen molar-refractivity contribution in [3.8, 4) is 0 Å². The van der Waals surface area contributed by atoms with Crippen molar-refractivity contribution in [1.29, 1.82) is 5.41 Å². The molecule has 0 amide bonds. The van der Waals surface area contributed by atoms with Gasteiger partial charge in [-0.2, -0.15) is 0 Å². The molecule has 0 saturated heterocycles. The van der Waals surface area contributed by atoms with E-state index in [1.54, 1.807) is 6.07 Å². The van der Waals surface area contributed by atoms with E-state index in [2.05, 4.69) is 42.1 Å². The van der Waals surface area contributed by atoms with Crippen LogP contribution in [0.15, 0.2) is 68.1 Å². The number of hydrogen-bond donors (Lipinski definition) is 1. The van der Waals surface area contributed by atoms with Crippen LogP contribution in [0.5, 0.6) is 0 Å². The SMILES string of the molecule is CC/C(C)=C\C(=C/CN=C(C)C)C1=NCC(=NCCC=N)C=C1C1CC1c1ccc(F)c(C)c1. The van der Waals surface area contributed by atoms with E-state index in [1.165, 1.54) is 22.9 Å². The van der Waals surface area contributed by atoms with E-state index in [4.69, 9.17) is 10.4 Å². The minimum Gasteiger partial charge on any atom is -0.313 e. The fraction of sp³-hybridized carbons (Fsp3) is 0.448. The van der Waals surface area contributed by atoms with Crippen molar-refractivity contribution in [3.05, 3.63) is 70.1 Å². The van der Waals surface area contributed by atoms with Gasteiger partial charge in [0.2, 0.25) is 0 Å². The topological polar surface area (TPSA) is 60.9 Å². The summed E-state index contributed by atoms with van der Waals surface area (Å²) in [6.07, 6.45) is 10.7. The molecule has 0 spiro atoms. The number of nitrogens with zero attached hydrogens (tertiary/aromatic N) is 3. The lowest BCUT2D eigenvalue weighted by atomic mass is 9.91. The Balaban J connectivity index is 1.97. The number of aryl methyl sites for hydroxylation is 1. The molecule has 1 heterocycles. The van der Waals surface area contributed by atoms with Crippen LogP contribution in [-0.2, 0) is 0 Å². The molecule has 5 heteroatoms. The molecule has 180 valence electrons. The minimum atomic E-state index is -0.155. The van der Waals surface area contributed by atoms with Crippen LogP contribution >= 0.6 is 0 Å². The predicted octanol–water partition coefficient (Wildman–Crippen LogP) is 6.86. The molecule has 2 aliphatic rings. The minimum absolute atomic E-state index is 0.155. The zero-order valence-electron chi connectivity index (χ0n) is 21.2. The standard InChI is InChI=1S/C29H37FN4/c1-6-20(4)14-23(10-13-32-19(2)3)29-27(16-24(18-34-29)33-12-7-11-31)26-17-25(26)22-8-9-28(30)21(5)15-22/h8-11,14-16,25-26,31H,6-7,12-13,17-18H2,1-5H3/b20-14-,23-10+,31-11?,33-24?. The average Bonchev–Trinajstić information content (AvgIpc) is 3.61. The summed E-state index contributed by atoms with van der Waals surface area (Å²) in [6, 6.07) is 5.48. The maximum absolute atomic E-state index is 13.8. The molecule has 1 N–H and O–H groups in total. The Morgan fingerprint density at radius 3 is 2.71 bits per heavy atom. The van der Waals surface area contributed by atoms with Crippen molar-refractivity contribution in [1.82, 2.24) is 0 Å². The van der Waals surface area contributed by atoms with Gasteiger partial charge in [0.15, 0.2) is 0 Å². The van der Waals surface area contributed by atoms with Crippen LogP contribution in [0, 0.1) is 24.1 Å². The molecule has 0 bridgehead atoms. The predicted molar refractivity (Wildman–Crippen MR) is 144 cm³/mol. The summed E-state index contributed by atoms with van der Waals surface area (Å²) in [5.41, 5.74) is 8.59. The first kappa shape index (κ1) is 25.7. The van der Waals surface area contributed by atoms with Crippen LogP contribution < -0.4 is 0 Å². The Labute approximate surface area is 203 Å². The van der Waals surface area contributed by atoms with Crippen LogP contribution in [0.4, 0.5) is 4.39 Å². The molecular formula is C29H37FN4. The van der Waals surface area contributed by atoms with E-state index < -0.39 is 0 Å². The molecule has 0 radical (unpaired) electrons. The zero-order valence-corrected chi connectivity index (χ0v) is 21.2.